The van der Waals surface area contributed by atoms with Crippen LogP contribution in [0.2, 0.25) is 0 Å². The first-order chi connectivity index (χ1) is 9.34. The van der Waals surface area contributed by atoms with E-state index < -0.39 is 0 Å². The topological polar surface area (TPSA) is 26.0 Å². The zero-order chi connectivity index (χ0) is 12.8. The molecule has 0 aromatic heterocycles. The molecule has 0 atom stereocenters. The Bertz CT molecular complexity index is 777. The van der Waals surface area contributed by atoms with Gasteiger partial charge in [-0.25, -0.2) is 0 Å². The second-order valence-electron chi connectivity index (χ2n) is 5.20. The monoisotopic (exact) mass is 245 g/mol. The van der Waals surface area contributed by atoms with Crippen LogP contribution in [0, 0.1) is 0 Å². The zero-order valence-electron chi connectivity index (χ0n) is 10.7. The van der Waals surface area contributed by atoms with Crippen molar-refractivity contribution in [1.29, 1.82) is 0 Å². The van der Waals surface area contributed by atoms with Gasteiger partial charge in [0, 0.05) is 11.3 Å². The second-order valence-corrected chi connectivity index (χ2v) is 5.20. The SMILES string of the molecule is Nc1ccccc1-c1ccc2c3c(cccc13)CC2. The van der Waals surface area contributed by atoms with E-state index in [2.05, 4.69) is 42.5 Å². The molecule has 1 nitrogen and oxygen atoms in total. The molecule has 0 radical (unpaired) electrons. The molecule has 0 unspecified atom stereocenters. The van der Waals surface area contributed by atoms with Gasteiger partial charge >= 0.3 is 0 Å². The highest BCUT2D eigenvalue weighted by Gasteiger charge is 2.16. The summed E-state index contributed by atoms with van der Waals surface area (Å²) >= 11 is 0. The van der Waals surface area contributed by atoms with Gasteiger partial charge in [-0.3, -0.25) is 0 Å². The summed E-state index contributed by atoms with van der Waals surface area (Å²) in [6.45, 7) is 0. The minimum Gasteiger partial charge on any atom is -0.398 e. The fourth-order valence-corrected chi connectivity index (χ4v) is 3.22. The van der Waals surface area contributed by atoms with Crippen LogP contribution in [0.15, 0.2) is 54.6 Å². The third-order valence-electron chi connectivity index (χ3n) is 4.13. The number of benzene rings is 3. The molecule has 4 rings (SSSR count). The fraction of sp³-hybridized carbons (Fsp3) is 0.111. The van der Waals surface area contributed by atoms with Gasteiger partial charge in [0.05, 0.1) is 0 Å². The Morgan fingerprint density at radius 2 is 1.47 bits per heavy atom. The lowest BCUT2D eigenvalue weighted by Gasteiger charge is -2.11. The van der Waals surface area contributed by atoms with Crippen LogP contribution in [0.3, 0.4) is 0 Å². The van der Waals surface area contributed by atoms with Crippen molar-refractivity contribution in [3.05, 3.63) is 65.7 Å². The van der Waals surface area contributed by atoms with E-state index >= 15 is 0 Å². The predicted octanol–water partition coefficient (Wildman–Crippen LogP) is 4.19. The molecule has 2 N–H and O–H groups in total. The van der Waals surface area contributed by atoms with Crippen molar-refractivity contribution in [2.45, 2.75) is 12.8 Å². The summed E-state index contributed by atoms with van der Waals surface area (Å²) in [7, 11) is 0. The van der Waals surface area contributed by atoms with Crippen LogP contribution in [-0.4, -0.2) is 0 Å². The average molecular weight is 245 g/mol. The summed E-state index contributed by atoms with van der Waals surface area (Å²) in [4.78, 5) is 0. The van der Waals surface area contributed by atoms with Crippen LogP contribution in [0.4, 0.5) is 5.69 Å². The molecule has 0 fully saturated rings. The molecule has 3 aromatic carbocycles. The minimum absolute atomic E-state index is 0.848. The van der Waals surface area contributed by atoms with Crippen molar-refractivity contribution in [1.82, 2.24) is 0 Å². The number of nitrogens with two attached hydrogens (primary N) is 1. The van der Waals surface area contributed by atoms with Gasteiger partial charge in [-0.1, -0.05) is 48.5 Å². The maximum atomic E-state index is 6.14. The molecule has 3 aromatic rings. The van der Waals surface area contributed by atoms with Crippen LogP contribution < -0.4 is 5.73 Å². The molecular formula is C18H15N. The highest BCUT2D eigenvalue weighted by atomic mass is 14.6. The Morgan fingerprint density at radius 3 is 2.32 bits per heavy atom. The number of hydrogen-bond acceptors (Lipinski definition) is 1. The van der Waals surface area contributed by atoms with E-state index in [0.29, 0.717) is 0 Å². The third kappa shape index (κ3) is 1.48. The zero-order valence-corrected chi connectivity index (χ0v) is 10.7. The van der Waals surface area contributed by atoms with E-state index in [1.165, 1.54) is 40.3 Å². The number of hydrogen-bond donors (Lipinski definition) is 1. The number of para-hydroxylation sites is 1. The highest BCUT2D eigenvalue weighted by Crippen LogP contribution is 2.38. The van der Waals surface area contributed by atoms with Crippen molar-refractivity contribution in [2.24, 2.45) is 0 Å². The number of rotatable bonds is 1. The van der Waals surface area contributed by atoms with Gasteiger partial charge in [0.15, 0.2) is 0 Å². The molecule has 0 amide bonds. The van der Waals surface area contributed by atoms with Crippen LogP contribution in [0.1, 0.15) is 11.1 Å². The standard InChI is InChI=1S/C18H15N/c19-17-7-2-1-5-15(17)14-11-10-13-9-8-12-4-3-6-16(14)18(12)13/h1-7,10-11H,8-9,19H2. The van der Waals surface area contributed by atoms with E-state index in [1.54, 1.807) is 0 Å². The molecule has 1 aliphatic carbocycles. The molecular weight excluding hydrogens is 230 g/mol. The maximum absolute atomic E-state index is 6.14. The summed E-state index contributed by atoms with van der Waals surface area (Å²) in [5, 5.41) is 2.79. The maximum Gasteiger partial charge on any atom is 0.0393 e. The smallest absolute Gasteiger partial charge is 0.0393 e. The summed E-state index contributed by atoms with van der Waals surface area (Å²) in [6.07, 6.45) is 2.33. The molecule has 1 heteroatoms. The summed E-state index contributed by atoms with van der Waals surface area (Å²) in [6, 6.07) is 19.2. The Morgan fingerprint density at radius 1 is 0.684 bits per heavy atom. The molecule has 0 spiro atoms. The first-order valence-electron chi connectivity index (χ1n) is 6.73. The quantitative estimate of drug-likeness (QED) is 0.639. The predicted molar refractivity (Wildman–Crippen MR) is 81.2 cm³/mol. The first kappa shape index (κ1) is 10.6. The normalized spacial score (nSPS) is 13.1. The molecule has 1 aliphatic rings. The fourth-order valence-electron chi connectivity index (χ4n) is 3.22. The van der Waals surface area contributed by atoms with Gasteiger partial charge < -0.3 is 5.73 Å². The summed E-state index contributed by atoms with van der Waals surface area (Å²) < 4.78 is 0. The van der Waals surface area contributed by atoms with Gasteiger partial charge in [0.2, 0.25) is 0 Å². The van der Waals surface area contributed by atoms with E-state index in [-0.39, 0.29) is 0 Å². The van der Waals surface area contributed by atoms with Crippen molar-refractivity contribution in [3.63, 3.8) is 0 Å². The summed E-state index contributed by atoms with van der Waals surface area (Å²) in [5.41, 5.74) is 12.3. The second kappa shape index (κ2) is 3.86. The van der Waals surface area contributed by atoms with Gasteiger partial charge in [0.25, 0.3) is 0 Å². The van der Waals surface area contributed by atoms with Crippen LogP contribution in [0.5, 0.6) is 0 Å². The van der Waals surface area contributed by atoms with Crippen molar-refractivity contribution in [2.75, 3.05) is 5.73 Å². The van der Waals surface area contributed by atoms with Crippen LogP contribution in [0.25, 0.3) is 21.9 Å². The molecule has 92 valence electrons. The molecule has 0 heterocycles. The number of aryl methyl sites for hydroxylation is 2. The molecule has 0 saturated heterocycles. The Hall–Kier alpha value is -2.28. The van der Waals surface area contributed by atoms with Gasteiger partial charge in [-0.05, 0) is 46.4 Å². The van der Waals surface area contributed by atoms with Crippen LogP contribution >= 0.6 is 0 Å². The number of nitrogen functional groups attached to an aromatic ring is 1. The average Bonchev–Trinajstić information content (AvgIpc) is 2.86. The lowest BCUT2D eigenvalue weighted by Crippen LogP contribution is -1.91. The van der Waals surface area contributed by atoms with E-state index in [4.69, 9.17) is 5.73 Å². The largest absolute Gasteiger partial charge is 0.398 e. The Kier molecular flexibility index (Phi) is 2.16. The molecule has 0 saturated carbocycles. The van der Waals surface area contributed by atoms with Gasteiger partial charge in [0.1, 0.15) is 0 Å². The van der Waals surface area contributed by atoms with Gasteiger partial charge in [-0.15, -0.1) is 0 Å². The highest BCUT2D eigenvalue weighted by molar-refractivity contribution is 6.03. The summed E-state index contributed by atoms with van der Waals surface area (Å²) in [5.74, 6) is 0. The van der Waals surface area contributed by atoms with Crippen molar-refractivity contribution < 1.29 is 0 Å². The lowest BCUT2D eigenvalue weighted by atomic mass is 9.94. The van der Waals surface area contributed by atoms with E-state index in [9.17, 15) is 0 Å². The van der Waals surface area contributed by atoms with Crippen molar-refractivity contribution >= 4 is 16.5 Å². The Labute approximate surface area is 112 Å². The molecule has 0 bridgehead atoms. The number of anilines is 1. The first-order valence-corrected chi connectivity index (χ1v) is 6.73. The Balaban J connectivity index is 2.10. The van der Waals surface area contributed by atoms with Gasteiger partial charge in [-0.2, -0.15) is 0 Å². The minimum atomic E-state index is 0.848. The molecule has 19 heavy (non-hydrogen) atoms. The van der Waals surface area contributed by atoms with Crippen molar-refractivity contribution in [3.8, 4) is 11.1 Å². The van der Waals surface area contributed by atoms with E-state index in [1.807, 2.05) is 12.1 Å². The molecule has 0 aliphatic heterocycles. The third-order valence-corrected chi connectivity index (χ3v) is 4.13. The van der Waals surface area contributed by atoms with Crippen LogP contribution in [-0.2, 0) is 12.8 Å². The lowest BCUT2D eigenvalue weighted by molar-refractivity contribution is 1.02. The van der Waals surface area contributed by atoms with E-state index in [0.717, 1.165) is 11.3 Å².